The number of carbonyl (C=O) groups is 2. The quantitative estimate of drug-likeness (QED) is 0.457. The molecule has 0 saturated carbocycles. The van der Waals surface area contributed by atoms with E-state index in [2.05, 4.69) is 16.0 Å². The van der Waals surface area contributed by atoms with Crippen molar-refractivity contribution < 1.29 is 14.0 Å². The van der Waals surface area contributed by atoms with Gasteiger partial charge in [-0.3, -0.25) is 14.6 Å². The van der Waals surface area contributed by atoms with Gasteiger partial charge in [0.25, 0.3) is 0 Å². The number of carbonyl (C=O) groups excluding carboxylic acids is 2. The van der Waals surface area contributed by atoms with Gasteiger partial charge in [0, 0.05) is 60.7 Å². The van der Waals surface area contributed by atoms with Crippen LogP contribution in [-0.2, 0) is 9.59 Å². The maximum absolute atomic E-state index is 12.2. The fraction of sp³-hybridized carbons (Fsp3) is 0.231. The fourth-order valence-electron chi connectivity index (χ4n) is 4.70. The Balaban J connectivity index is 1.34. The molecule has 5 heterocycles. The zero-order valence-corrected chi connectivity index (χ0v) is 18.0. The first kappa shape index (κ1) is 19.7. The molecule has 2 saturated heterocycles. The number of hydrogen-bond acceptors (Lipinski definition) is 5. The minimum Gasteiger partial charge on any atom is -0.445 e. The zero-order valence-electron chi connectivity index (χ0n) is 18.0. The summed E-state index contributed by atoms with van der Waals surface area (Å²) in [6.07, 6.45) is 9.99. The van der Waals surface area contributed by atoms with E-state index in [4.69, 9.17) is 4.42 Å². The third-order valence-electron chi connectivity index (χ3n) is 6.44. The molecule has 0 atom stereocenters. The van der Waals surface area contributed by atoms with Crippen molar-refractivity contribution in [2.75, 3.05) is 22.9 Å². The van der Waals surface area contributed by atoms with E-state index in [1.165, 1.54) is 0 Å². The molecule has 2 aliphatic heterocycles. The molecule has 2 aliphatic rings. The number of hydrogen-bond donors (Lipinski definition) is 0. The summed E-state index contributed by atoms with van der Waals surface area (Å²) in [6.45, 7) is 1.50. The van der Waals surface area contributed by atoms with Gasteiger partial charge in [-0.1, -0.05) is 12.1 Å². The number of aromatic nitrogens is 2. The number of nitrogens with zero attached hydrogens (tertiary/aromatic N) is 4. The molecule has 164 valence electrons. The highest BCUT2D eigenvalue weighted by molar-refractivity contribution is 6.00. The molecule has 7 heteroatoms. The van der Waals surface area contributed by atoms with Crippen LogP contribution in [0.5, 0.6) is 0 Å². The Labute approximate surface area is 190 Å². The van der Waals surface area contributed by atoms with Crippen molar-refractivity contribution >= 4 is 34.3 Å². The zero-order chi connectivity index (χ0) is 22.4. The van der Waals surface area contributed by atoms with Gasteiger partial charge in [0.05, 0.1) is 17.3 Å². The van der Waals surface area contributed by atoms with Crippen LogP contribution in [0.15, 0.2) is 65.7 Å². The van der Waals surface area contributed by atoms with Crippen molar-refractivity contribution in [1.82, 2.24) is 9.97 Å². The molecule has 0 radical (unpaired) electrons. The molecular formula is C26H22N4O3. The summed E-state index contributed by atoms with van der Waals surface area (Å²) >= 11 is 0. The van der Waals surface area contributed by atoms with E-state index in [1.807, 2.05) is 41.4 Å². The Bertz CT molecular complexity index is 1380. The van der Waals surface area contributed by atoms with E-state index in [9.17, 15) is 9.59 Å². The Morgan fingerprint density at radius 1 is 0.758 bits per heavy atom. The lowest BCUT2D eigenvalue weighted by Crippen LogP contribution is -2.23. The van der Waals surface area contributed by atoms with E-state index in [0.29, 0.717) is 18.6 Å². The minimum absolute atomic E-state index is 0.129. The van der Waals surface area contributed by atoms with Gasteiger partial charge >= 0.3 is 0 Å². The van der Waals surface area contributed by atoms with Crippen LogP contribution >= 0.6 is 0 Å². The maximum Gasteiger partial charge on any atom is 0.227 e. The van der Waals surface area contributed by atoms with Gasteiger partial charge < -0.3 is 14.2 Å². The number of anilines is 2. The summed E-state index contributed by atoms with van der Waals surface area (Å²) in [5.74, 6) is 0.311. The lowest BCUT2D eigenvalue weighted by molar-refractivity contribution is -0.117. The van der Waals surface area contributed by atoms with Crippen LogP contribution in [0.3, 0.4) is 0 Å². The average Bonchev–Trinajstić information content (AvgIpc) is 3.58. The van der Waals surface area contributed by atoms with Crippen molar-refractivity contribution in [2.45, 2.75) is 25.7 Å². The van der Waals surface area contributed by atoms with Gasteiger partial charge in [0.2, 0.25) is 17.5 Å². The van der Waals surface area contributed by atoms with Gasteiger partial charge in [0.15, 0.2) is 0 Å². The molecule has 0 aliphatic carbocycles. The third-order valence-corrected chi connectivity index (χ3v) is 6.44. The van der Waals surface area contributed by atoms with Crippen LogP contribution in [0.4, 0.5) is 11.4 Å². The molecule has 6 rings (SSSR count). The van der Waals surface area contributed by atoms with Gasteiger partial charge in [-0.2, -0.15) is 0 Å². The highest BCUT2D eigenvalue weighted by Gasteiger charge is 2.24. The SMILES string of the molecule is O=C1CCCN1c1ccc(-c2cncc(-c3coc4ncc(N5CCCC5=O)cc34)c2)cc1. The second kappa shape index (κ2) is 7.85. The molecule has 0 unspecified atom stereocenters. The van der Waals surface area contributed by atoms with Crippen LogP contribution in [-0.4, -0.2) is 34.9 Å². The van der Waals surface area contributed by atoms with E-state index >= 15 is 0 Å². The number of rotatable bonds is 4. The summed E-state index contributed by atoms with van der Waals surface area (Å²) in [4.78, 5) is 36.7. The number of benzene rings is 1. The molecule has 2 fully saturated rings. The van der Waals surface area contributed by atoms with Gasteiger partial charge in [0.1, 0.15) is 6.26 Å². The van der Waals surface area contributed by atoms with Gasteiger partial charge in [-0.25, -0.2) is 4.98 Å². The fourth-order valence-corrected chi connectivity index (χ4v) is 4.70. The topological polar surface area (TPSA) is 79.5 Å². The summed E-state index contributed by atoms with van der Waals surface area (Å²) in [5, 5.41) is 0.856. The average molecular weight is 438 g/mol. The van der Waals surface area contributed by atoms with Gasteiger partial charge in [-0.15, -0.1) is 0 Å². The Hall–Kier alpha value is -4.00. The first-order valence-corrected chi connectivity index (χ1v) is 11.2. The van der Waals surface area contributed by atoms with Crippen molar-refractivity contribution in [3.8, 4) is 22.3 Å². The van der Waals surface area contributed by atoms with Crippen molar-refractivity contribution in [3.05, 3.63) is 61.3 Å². The predicted octanol–water partition coefficient (Wildman–Crippen LogP) is 4.81. The number of furan rings is 1. The molecule has 4 aromatic rings. The minimum atomic E-state index is 0.129. The largest absolute Gasteiger partial charge is 0.445 e. The maximum atomic E-state index is 12.2. The summed E-state index contributed by atoms with van der Waals surface area (Å²) in [7, 11) is 0. The molecule has 33 heavy (non-hydrogen) atoms. The Morgan fingerprint density at radius 2 is 1.45 bits per heavy atom. The van der Waals surface area contributed by atoms with Crippen LogP contribution in [0.25, 0.3) is 33.4 Å². The smallest absolute Gasteiger partial charge is 0.227 e. The second-order valence-electron chi connectivity index (χ2n) is 8.50. The Morgan fingerprint density at radius 3 is 2.15 bits per heavy atom. The molecule has 0 bridgehead atoms. The Kier molecular flexibility index (Phi) is 4.68. The third kappa shape index (κ3) is 3.46. The number of amides is 2. The van der Waals surface area contributed by atoms with E-state index in [-0.39, 0.29) is 11.8 Å². The predicted molar refractivity (Wildman–Crippen MR) is 126 cm³/mol. The molecule has 0 N–H and O–H groups in total. The molecule has 2 amide bonds. The highest BCUT2D eigenvalue weighted by Crippen LogP contribution is 2.35. The van der Waals surface area contributed by atoms with Gasteiger partial charge in [-0.05, 0) is 42.7 Å². The van der Waals surface area contributed by atoms with Crippen LogP contribution in [0.1, 0.15) is 25.7 Å². The van der Waals surface area contributed by atoms with Crippen molar-refractivity contribution in [3.63, 3.8) is 0 Å². The first-order chi connectivity index (χ1) is 16.2. The number of fused-ring (bicyclic) bond motifs is 1. The lowest BCUT2D eigenvalue weighted by atomic mass is 10.0. The summed E-state index contributed by atoms with van der Waals surface area (Å²) in [5.41, 5.74) is 6.06. The molecule has 0 spiro atoms. The highest BCUT2D eigenvalue weighted by atomic mass is 16.3. The monoisotopic (exact) mass is 438 g/mol. The second-order valence-corrected chi connectivity index (χ2v) is 8.50. The van der Waals surface area contributed by atoms with Crippen molar-refractivity contribution in [2.24, 2.45) is 0 Å². The van der Waals surface area contributed by atoms with Crippen LogP contribution in [0, 0.1) is 0 Å². The normalized spacial score (nSPS) is 16.4. The standard InChI is InChI=1S/C26H22N4O3/c31-24-3-1-9-29(24)20-7-5-17(6-8-20)18-11-19(14-27-13-18)23-16-33-26-22(23)12-21(15-28-26)30-10-2-4-25(30)32/h5-8,11-16H,1-4,9-10H2. The lowest BCUT2D eigenvalue weighted by Gasteiger charge is -2.16. The van der Waals surface area contributed by atoms with E-state index in [0.717, 1.165) is 64.9 Å². The molecular weight excluding hydrogens is 416 g/mol. The summed E-state index contributed by atoms with van der Waals surface area (Å²) < 4.78 is 5.70. The summed E-state index contributed by atoms with van der Waals surface area (Å²) in [6, 6.07) is 12.1. The van der Waals surface area contributed by atoms with E-state index < -0.39 is 0 Å². The molecule has 1 aromatic carbocycles. The molecule has 3 aromatic heterocycles. The van der Waals surface area contributed by atoms with Crippen LogP contribution < -0.4 is 9.80 Å². The van der Waals surface area contributed by atoms with Crippen LogP contribution in [0.2, 0.25) is 0 Å². The molecule has 7 nitrogen and oxygen atoms in total. The van der Waals surface area contributed by atoms with Crippen molar-refractivity contribution in [1.29, 1.82) is 0 Å². The first-order valence-electron chi connectivity index (χ1n) is 11.2. The number of pyridine rings is 2. The van der Waals surface area contributed by atoms with E-state index in [1.54, 1.807) is 23.6 Å².